The number of carboxylic acid groups (broad SMARTS) is 1. The summed E-state index contributed by atoms with van der Waals surface area (Å²) in [6.45, 7) is 1.66. The Kier molecular flexibility index (Phi) is 4.32. The first-order chi connectivity index (χ1) is 9.33. The van der Waals surface area contributed by atoms with Crippen LogP contribution in [-0.4, -0.2) is 35.2 Å². The van der Waals surface area contributed by atoms with E-state index in [1.54, 1.807) is 12.1 Å². The first kappa shape index (κ1) is 14.8. The second kappa shape index (κ2) is 5.83. The maximum Gasteiger partial charge on any atom is 0.389 e. The number of carboxylic acids is 1. The van der Waals surface area contributed by atoms with Gasteiger partial charge in [0, 0.05) is 19.5 Å². The van der Waals surface area contributed by atoms with Crippen LogP contribution in [0, 0.1) is 5.92 Å². The van der Waals surface area contributed by atoms with E-state index in [1.165, 1.54) is 12.1 Å². The summed E-state index contributed by atoms with van der Waals surface area (Å²) in [7, 11) is 0. The van der Waals surface area contributed by atoms with Crippen LogP contribution in [0.15, 0.2) is 24.3 Å². The fourth-order valence-corrected chi connectivity index (χ4v) is 2.56. The second-order valence-electron chi connectivity index (χ2n) is 5.21. The molecule has 20 heavy (non-hydrogen) atoms. The number of nitrogens with zero attached hydrogens (tertiary/aromatic N) is 1. The van der Waals surface area contributed by atoms with Crippen LogP contribution in [0.25, 0.3) is 0 Å². The average molecular weight is 287 g/mol. The molecule has 0 bridgehead atoms. The zero-order valence-electron chi connectivity index (χ0n) is 10.9. The molecule has 6 heteroatoms. The molecular formula is C14H16F3NO2. The van der Waals surface area contributed by atoms with E-state index in [-0.39, 0.29) is 11.5 Å². The van der Waals surface area contributed by atoms with Crippen molar-refractivity contribution in [2.75, 3.05) is 13.1 Å². The summed E-state index contributed by atoms with van der Waals surface area (Å²) in [5.41, 5.74) is 1.13. The highest BCUT2D eigenvalue weighted by Gasteiger charge is 2.35. The van der Waals surface area contributed by atoms with Gasteiger partial charge in [-0.15, -0.1) is 0 Å². The lowest BCUT2D eigenvalue weighted by Crippen LogP contribution is -2.22. The SMILES string of the molecule is O=C(O)c1ccc(CN2CCC(CC(F)(F)F)C2)cc1. The summed E-state index contributed by atoms with van der Waals surface area (Å²) >= 11 is 0. The zero-order chi connectivity index (χ0) is 14.8. The highest BCUT2D eigenvalue weighted by atomic mass is 19.4. The van der Waals surface area contributed by atoms with Crippen molar-refractivity contribution in [3.63, 3.8) is 0 Å². The topological polar surface area (TPSA) is 40.5 Å². The van der Waals surface area contributed by atoms with Crippen LogP contribution in [0.3, 0.4) is 0 Å². The van der Waals surface area contributed by atoms with Gasteiger partial charge in [-0.3, -0.25) is 4.90 Å². The van der Waals surface area contributed by atoms with Gasteiger partial charge in [0.25, 0.3) is 0 Å². The summed E-state index contributed by atoms with van der Waals surface area (Å²) in [4.78, 5) is 12.7. The highest BCUT2D eigenvalue weighted by molar-refractivity contribution is 5.87. The number of likely N-dealkylation sites (tertiary alicyclic amines) is 1. The van der Waals surface area contributed by atoms with E-state index in [0.29, 0.717) is 26.1 Å². The molecule has 1 aliphatic heterocycles. The molecule has 0 aromatic heterocycles. The Labute approximate surface area is 115 Å². The predicted octanol–water partition coefficient (Wildman–Crippen LogP) is 3.16. The second-order valence-corrected chi connectivity index (χ2v) is 5.21. The van der Waals surface area contributed by atoms with Gasteiger partial charge in [0.2, 0.25) is 0 Å². The van der Waals surface area contributed by atoms with Crippen LogP contribution in [-0.2, 0) is 6.54 Å². The summed E-state index contributed by atoms with van der Waals surface area (Å²) in [5.74, 6) is -1.31. The fraction of sp³-hybridized carbons (Fsp3) is 0.500. The molecule has 1 atom stereocenters. The van der Waals surface area contributed by atoms with E-state index >= 15 is 0 Å². The van der Waals surface area contributed by atoms with Crippen molar-refractivity contribution in [2.24, 2.45) is 5.92 Å². The van der Waals surface area contributed by atoms with E-state index in [0.717, 1.165) is 5.56 Å². The number of halogens is 3. The standard InChI is InChI=1S/C14H16F3NO2/c15-14(16,17)7-11-5-6-18(9-11)8-10-1-3-12(4-2-10)13(19)20/h1-4,11H,5-9H2,(H,19,20). The highest BCUT2D eigenvalue weighted by Crippen LogP contribution is 2.30. The third kappa shape index (κ3) is 4.23. The molecule has 0 radical (unpaired) electrons. The first-order valence-corrected chi connectivity index (χ1v) is 6.45. The minimum absolute atomic E-state index is 0.213. The van der Waals surface area contributed by atoms with E-state index < -0.39 is 18.6 Å². The van der Waals surface area contributed by atoms with Crippen molar-refractivity contribution in [1.82, 2.24) is 4.90 Å². The van der Waals surface area contributed by atoms with Gasteiger partial charge in [0.1, 0.15) is 0 Å². The summed E-state index contributed by atoms with van der Waals surface area (Å²) in [6, 6.07) is 6.45. The Morgan fingerprint density at radius 2 is 1.95 bits per heavy atom. The van der Waals surface area contributed by atoms with Gasteiger partial charge in [-0.25, -0.2) is 4.79 Å². The van der Waals surface area contributed by atoms with Crippen molar-refractivity contribution >= 4 is 5.97 Å². The molecule has 1 aliphatic rings. The number of hydrogen-bond acceptors (Lipinski definition) is 2. The smallest absolute Gasteiger partial charge is 0.389 e. The molecule has 0 saturated carbocycles. The van der Waals surface area contributed by atoms with Crippen LogP contribution in [0.2, 0.25) is 0 Å². The van der Waals surface area contributed by atoms with Crippen molar-refractivity contribution < 1.29 is 23.1 Å². The summed E-state index contributed by atoms with van der Waals surface area (Å²) in [5, 5.41) is 8.79. The van der Waals surface area contributed by atoms with Gasteiger partial charge in [0.05, 0.1) is 5.56 Å². The van der Waals surface area contributed by atoms with Crippen molar-refractivity contribution in [3.8, 4) is 0 Å². The molecule has 0 amide bonds. The van der Waals surface area contributed by atoms with Gasteiger partial charge in [-0.1, -0.05) is 12.1 Å². The minimum atomic E-state index is -4.09. The maximum absolute atomic E-state index is 12.3. The number of carbonyl (C=O) groups is 1. The molecule has 1 fully saturated rings. The lowest BCUT2D eigenvalue weighted by atomic mass is 10.1. The summed E-state index contributed by atoms with van der Waals surface area (Å²) < 4.78 is 36.9. The molecule has 1 aromatic carbocycles. The monoisotopic (exact) mass is 287 g/mol. The van der Waals surface area contributed by atoms with Crippen LogP contribution >= 0.6 is 0 Å². The van der Waals surface area contributed by atoms with Gasteiger partial charge < -0.3 is 5.11 Å². The molecule has 3 nitrogen and oxygen atoms in total. The molecular weight excluding hydrogens is 271 g/mol. The average Bonchev–Trinajstić information content (AvgIpc) is 2.74. The number of alkyl halides is 3. The summed E-state index contributed by atoms with van der Waals surface area (Å²) in [6.07, 6.45) is -4.25. The Morgan fingerprint density at radius 3 is 2.50 bits per heavy atom. The zero-order valence-corrected chi connectivity index (χ0v) is 10.9. The van der Waals surface area contributed by atoms with E-state index in [4.69, 9.17) is 5.11 Å². The number of benzene rings is 1. The normalized spacial score (nSPS) is 20.2. The predicted molar refractivity (Wildman–Crippen MR) is 67.5 cm³/mol. The first-order valence-electron chi connectivity index (χ1n) is 6.45. The van der Waals surface area contributed by atoms with Crippen LogP contribution in [0.5, 0.6) is 0 Å². The number of aromatic carboxylic acids is 1. The lowest BCUT2D eigenvalue weighted by molar-refractivity contribution is -0.143. The van der Waals surface area contributed by atoms with E-state index in [9.17, 15) is 18.0 Å². The number of rotatable bonds is 4. The molecule has 1 heterocycles. The molecule has 110 valence electrons. The molecule has 0 spiro atoms. The van der Waals surface area contributed by atoms with Gasteiger partial charge in [-0.05, 0) is 36.6 Å². The minimum Gasteiger partial charge on any atom is -0.478 e. The lowest BCUT2D eigenvalue weighted by Gasteiger charge is -2.17. The molecule has 1 unspecified atom stereocenters. The molecule has 1 N–H and O–H groups in total. The molecule has 2 rings (SSSR count). The Bertz CT molecular complexity index is 470. The Morgan fingerprint density at radius 1 is 1.30 bits per heavy atom. The Balaban J connectivity index is 1.87. The van der Waals surface area contributed by atoms with Gasteiger partial charge in [-0.2, -0.15) is 13.2 Å². The van der Waals surface area contributed by atoms with Gasteiger partial charge in [0.15, 0.2) is 0 Å². The fourth-order valence-electron chi connectivity index (χ4n) is 2.56. The number of hydrogen-bond donors (Lipinski definition) is 1. The van der Waals surface area contributed by atoms with E-state index in [1.807, 2.05) is 4.90 Å². The molecule has 1 saturated heterocycles. The van der Waals surface area contributed by atoms with Crippen LogP contribution in [0.4, 0.5) is 13.2 Å². The van der Waals surface area contributed by atoms with Crippen LogP contribution < -0.4 is 0 Å². The Hall–Kier alpha value is -1.56. The third-order valence-electron chi connectivity index (χ3n) is 3.50. The van der Waals surface area contributed by atoms with E-state index in [2.05, 4.69) is 0 Å². The molecule has 0 aliphatic carbocycles. The third-order valence-corrected chi connectivity index (χ3v) is 3.50. The van der Waals surface area contributed by atoms with Crippen molar-refractivity contribution in [3.05, 3.63) is 35.4 Å². The maximum atomic E-state index is 12.3. The van der Waals surface area contributed by atoms with Crippen molar-refractivity contribution in [2.45, 2.75) is 25.6 Å². The largest absolute Gasteiger partial charge is 0.478 e. The van der Waals surface area contributed by atoms with Crippen LogP contribution in [0.1, 0.15) is 28.8 Å². The van der Waals surface area contributed by atoms with Gasteiger partial charge >= 0.3 is 12.1 Å². The van der Waals surface area contributed by atoms with Crippen molar-refractivity contribution in [1.29, 1.82) is 0 Å². The quantitative estimate of drug-likeness (QED) is 0.924. The molecule has 1 aromatic rings.